The summed E-state index contributed by atoms with van der Waals surface area (Å²) in [6, 6.07) is 0. The van der Waals surface area contributed by atoms with Gasteiger partial charge in [-0.3, -0.25) is 4.79 Å². The van der Waals surface area contributed by atoms with Gasteiger partial charge in [-0.25, -0.2) is 4.99 Å². The van der Waals surface area contributed by atoms with Crippen molar-refractivity contribution in [3.8, 4) is 0 Å². The van der Waals surface area contributed by atoms with Gasteiger partial charge in [0.15, 0.2) is 0 Å². The molecule has 3 unspecified atom stereocenters. The summed E-state index contributed by atoms with van der Waals surface area (Å²) in [6.45, 7) is 6.27. The third-order valence-electron chi connectivity index (χ3n) is 6.93. The molecule has 4 saturated carbocycles. The molecule has 122 valence electrons. The van der Waals surface area contributed by atoms with Crippen molar-refractivity contribution in [2.75, 3.05) is 0 Å². The Balaban J connectivity index is 1.49. The number of carbonyl (C=O) groups excluding carboxylic acids is 1. The molecule has 0 aromatic carbocycles. The zero-order chi connectivity index (χ0) is 15.7. The highest BCUT2D eigenvalue weighted by Gasteiger charge is 2.55. The lowest BCUT2D eigenvalue weighted by Gasteiger charge is -2.58. The highest BCUT2D eigenvalue weighted by molar-refractivity contribution is 8.16. The Kier molecular flexibility index (Phi) is 3.33. The quantitative estimate of drug-likeness (QED) is 0.863. The van der Waals surface area contributed by atoms with E-state index in [-0.39, 0.29) is 16.3 Å². The van der Waals surface area contributed by atoms with Crippen LogP contribution in [0.15, 0.2) is 4.99 Å². The van der Waals surface area contributed by atoms with Gasteiger partial charge in [0.2, 0.25) is 0 Å². The monoisotopic (exact) mass is 321 g/mol. The molecule has 1 amide bonds. The lowest BCUT2D eigenvalue weighted by Crippen LogP contribution is -2.54. The summed E-state index contributed by atoms with van der Waals surface area (Å²) in [5.74, 6) is 3.07. The highest BCUT2D eigenvalue weighted by atomic mass is 32.2. The first kappa shape index (κ1) is 15.2. The van der Waals surface area contributed by atoms with E-state index in [1.807, 2.05) is 6.92 Å². The number of hydrogen-bond acceptors (Lipinski definition) is 3. The predicted octanol–water partition coefficient (Wildman–Crippen LogP) is 3.65. The number of thioether (sulfide) groups is 1. The van der Waals surface area contributed by atoms with Crippen LogP contribution >= 0.6 is 11.8 Å². The van der Waals surface area contributed by atoms with Gasteiger partial charge in [-0.2, -0.15) is 0 Å². The maximum Gasteiger partial charge on any atom is 0.263 e. The van der Waals surface area contributed by atoms with Crippen LogP contribution in [0.5, 0.6) is 0 Å². The number of hydrogen-bond donors (Lipinski definition) is 1. The Labute approximate surface area is 137 Å². The molecule has 0 radical (unpaired) electrons. The molecule has 0 aromatic rings. The van der Waals surface area contributed by atoms with Crippen molar-refractivity contribution in [1.29, 1.82) is 0 Å². The molecule has 0 spiro atoms. The first-order valence-electron chi connectivity index (χ1n) is 8.82. The molecular formula is C18H27NO2S. The van der Waals surface area contributed by atoms with Crippen LogP contribution in [0.1, 0.15) is 59.3 Å². The molecule has 0 aromatic heterocycles. The summed E-state index contributed by atoms with van der Waals surface area (Å²) in [5.41, 5.74) is -0.361. The second kappa shape index (κ2) is 4.83. The zero-order valence-electron chi connectivity index (χ0n) is 13.8. The van der Waals surface area contributed by atoms with Crippen LogP contribution in [0.3, 0.4) is 0 Å². The number of amides is 1. The SMILES string of the molecule is CC(C)C1(C)SC(CC2C3CC4CC2CC(O)(C4)C3)=NC1=O. The van der Waals surface area contributed by atoms with Crippen molar-refractivity contribution in [1.82, 2.24) is 0 Å². The van der Waals surface area contributed by atoms with Gasteiger partial charge in [-0.15, -0.1) is 0 Å². The summed E-state index contributed by atoms with van der Waals surface area (Å²) in [4.78, 5) is 16.7. The first-order valence-corrected chi connectivity index (χ1v) is 9.64. The lowest BCUT2D eigenvalue weighted by atomic mass is 9.49. The van der Waals surface area contributed by atoms with E-state index in [9.17, 15) is 9.90 Å². The fourth-order valence-electron chi connectivity index (χ4n) is 5.61. The molecule has 4 heteroatoms. The molecule has 0 saturated heterocycles. The zero-order valence-corrected chi connectivity index (χ0v) is 14.7. The van der Waals surface area contributed by atoms with Crippen LogP contribution in [0.25, 0.3) is 0 Å². The van der Waals surface area contributed by atoms with E-state index in [0.29, 0.717) is 23.7 Å². The lowest BCUT2D eigenvalue weighted by molar-refractivity contribution is -0.150. The predicted molar refractivity (Wildman–Crippen MR) is 89.9 cm³/mol. The van der Waals surface area contributed by atoms with E-state index in [2.05, 4.69) is 18.8 Å². The van der Waals surface area contributed by atoms with Crippen LogP contribution in [0.4, 0.5) is 0 Å². The smallest absolute Gasteiger partial charge is 0.263 e. The fourth-order valence-corrected chi connectivity index (χ4v) is 6.87. The van der Waals surface area contributed by atoms with Gasteiger partial charge in [0, 0.05) is 0 Å². The van der Waals surface area contributed by atoms with E-state index < -0.39 is 0 Å². The van der Waals surface area contributed by atoms with Crippen LogP contribution in [-0.2, 0) is 4.79 Å². The van der Waals surface area contributed by atoms with Crippen molar-refractivity contribution >= 4 is 22.7 Å². The molecule has 1 aliphatic heterocycles. The van der Waals surface area contributed by atoms with E-state index in [1.54, 1.807) is 11.8 Å². The van der Waals surface area contributed by atoms with Crippen molar-refractivity contribution < 1.29 is 9.90 Å². The molecule has 4 aliphatic carbocycles. The Hall–Kier alpha value is -0.350. The number of rotatable bonds is 3. The summed E-state index contributed by atoms with van der Waals surface area (Å²) >= 11 is 1.71. The van der Waals surface area contributed by atoms with E-state index in [1.165, 1.54) is 12.8 Å². The van der Waals surface area contributed by atoms with Crippen LogP contribution in [0.2, 0.25) is 0 Å². The van der Waals surface area contributed by atoms with Crippen molar-refractivity contribution in [3.05, 3.63) is 0 Å². The Morgan fingerprint density at radius 2 is 1.91 bits per heavy atom. The van der Waals surface area contributed by atoms with Crippen LogP contribution < -0.4 is 0 Å². The number of aliphatic imine (C=N–C) groups is 1. The van der Waals surface area contributed by atoms with Crippen molar-refractivity contribution in [2.24, 2.45) is 34.6 Å². The number of nitrogens with zero attached hydrogens (tertiary/aromatic N) is 1. The highest BCUT2D eigenvalue weighted by Crippen LogP contribution is 2.59. The molecule has 1 heterocycles. The van der Waals surface area contributed by atoms with Gasteiger partial charge in [0.1, 0.15) is 4.75 Å². The maximum absolute atomic E-state index is 12.3. The summed E-state index contributed by atoms with van der Waals surface area (Å²) in [7, 11) is 0. The van der Waals surface area contributed by atoms with Gasteiger partial charge >= 0.3 is 0 Å². The van der Waals surface area contributed by atoms with Crippen molar-refractivity contribution in [3.63, 3.8) is 0 Å². The minimum atomic E-state index is -0.362. The second-order valence-corrected chi connectivity index (χ2v) is 10.3. The molecule has 1 N–H and O–H groups in total. The Bertz CT molecular complexity index is 527. The molecule has 22 heavy (non-hydrogen) atoms. The van der Waals surface area contributed by atoms with Gasteiger partial charge in [-0.05, 0) is 75.0 Å². The van der Waals surface area contributed by atoms with Gasteiger partial charge in [-0.1, -0.05) is 25.6 Å². The largest absolute Gasteiger partial charge is 0.390 e. The van der Waals surface area contributed by atoms with Crippen LogP contribution in [0, 0.1) is 29.6 Å². The van der Waals surface area contributed by atoms with Crippen molar-refractivity contribution in [2.45, 2.75) is 69.6 Å². The molecule has 3 atom stereocenters. The first-order chi connectivity index (χ1) is 10.3. The Morgan fingerprint density at radius 3 is 2.41 bits per heavy atom. The standard InChI is InChI=1S/C18H27NO2S/c1-10(2)17(3)16(20)19-15(22-17)6-14-12-4-11-5-13(14)9-18(21,7-11)8-12/h10-14,21H,4-9H2,1-3H3. The summed E-state index contributed by atoms with van der Waals surface area (Å²) < 4.78 is -0.362. The molecule has 3 nitrogen and oxygen atoms in total. The average molecular weight is 321 g/mol. The van der Waals surface area contributed by atoms with Crippen LogP contribution in [-0.4, -0.2) is 26.4 Å². The third kappa shape index (κ3) is 2.21. The van der Waals surface area contributed by atoms with Gasteiger partial charge in [0.05, 0.1) is 10.6 Å². The normalized spacial score (nSPS) is 50.0. The minimum absolute atomic E-state index is 0.0601. The average Bonchev–Trinajstić information content (AvgIpc) is 2.68. The van der Waals surface area contributed by atoms with Gasteiger partial charge in [0.25, 0.3) is 5.91 Å². The second-order valence-electron chi connectivity index (χ2n) is 8.74. The molecular weight excluding hydrogens is 294 g/mol. The third-order valence-corrected chi connectivity index (χ3v) is 8.49. The van der Waals surface area contributed by atoms with E-state index >= 15 is 0 Å². The molecule has 4 bridgehead atoms. The molecule has 5 aliphatic rings. The van der Waals surface area contributed by atoms with E-state index in [4.69, 9.17) is 0 Å². The maximum atomic E-state index is 12.3. The summed E-state index contributed by atoms with van der Waals surface area (Å²) in [5, 5.41) is 11.8. The fraction of sp³-hybridized carbons (Fsp3) is 0.889. The van der Waals surface area contributed by atoms with E-state index in [0.717, 1.165) is 36.6 Å². The molecule has 5 rings (SSSR count). The molecule has 4 fully saturated rings. The summed E-state index contributed by atoms with van der Waals surface area (Å²) in [6.07, 6.45) is 6.55. The topological polar surface area (TPSA) is 49.7 Å². The minimum Gasteiger partial charge on any atom is -0.390 e. The number of aliphatic hydroxyl groups is 1. The number of carbonyl (C=O) groups is 1. The van der Waals surface area contributed by atoms with Gasteiger partial charge < -0.3 is 5.11 Å². The Morgan fingerprint density at radius 1 is 1.27 bits per heavy atom.